The van der Waals surface area contributed by atoms with E-state index in [0.717, 1.165) is 59.4 Å². The van der Waals surface area contributed by atoms with E-state index in [1.165, 1.54) is 12.8 Å². The molecule has 2 heterocycles. The maximum atomic E-state index is 10.1. The minimum absolute atomic E-state index is 0.245. The molecule has 6 N–H and O–H groups in total. The Hall–Kier alpha value is -3.65. The summed E-state index contributed by atoms with van der Waals surface area (Å²) in [4.78, 5) is 14.0. The monoisotopic (exact) mass is 457 g/mol. The molecule has 5 rings (SSSR count). The van der Waals surface area contributed by atoms with Crippen LogP contribution in [-0.4, -0.2) is 31.2 Å². The van der Waals surface area contributed by atoms with Crippen molar-refractivity contribution in [3.8, 4) is 16.9 Å². The van der Waals surface area contributed by atoms with Gasteiger partial charge in [-0.1, -0.05) is 55.3 Å². The first-order chi connectivity index (χ1) is 16.6. The number of nitrogens with two attached hydrogens (primary N) is 2. The minimum atomic E-state index is 0.245. The Labute approximate surface area is 199 Å². The largest absolute Gasteiger partial charge is 0.507 e. The molecule has 0 aliphatic heterocycles. The number of aromatic nitrogens is 4. The average molecular weight is 458 g/mol. The van der Waals surface area contributed by atoms with Crippen molar-refractivity contribution in [1.82, 2.24) is 19.5 Å². The Balaban J connectivity index is 1.42. The molecule has 1 aliphatic carbocycles. The van der Waals surface area contributed by atoms with E-state index in [0.29, 0.717) is 24.9 Å². The molecule has 1 saturated carbocycles. The molecule has 1 fully saturated rings. The van der Waals surface area contributed by atoms with Crippen molar-refractivity contribution in [3.05, 3.63) is 59.9 Å². The van der Waals surface area contributed by atoms with E-state index in [1.54, 1.807) is 6.07 Å². The highest BCUT2D eigenvalue weighted by Crippen LogP contribution is 2.35. The van der Waals surface area contributed by atoms with Gasteiger partial charge >= 0.3 is 0 Å². The van der Waals surface area contributed by atoms with E-state index < -0.39 is 0 Å². The maximum Gasteiger partial charge on any atom is 0.224 e. The summed E-state index contributed by atoms with van der Waals surface area (Å²) >= 11 is 0. The van der Waals surface area contributed by atoms with Gasteiger partial charge in [0, 0.05) is 24.6 Å². The number of nitrogens with one attached hydrogen (secondary N) is 1. The van der Waals surface area contributed by atoms with Crippen molar-refractivity contribution < 1.29 is 5.11 Å². The zero-order valence-electron chi connectivity index (χ0n) is 19.2. The van der Waals surface area contributed by atoms with Crippen LogP contribution < -0.4 is 16.8 Å². The summed E-state index contributed by atoms with van der Waals surface area (Å²) in [5, 5.41) is 13.5. The van der Waals surface area contributed by atoms with Crippen molar-refractivity contribution in [2.75, 3.05) is 17.6 Å². The average Bonchev–Trinajstić information content (AvgIpc) is 3.49. The second-order valence-electron chi connectivity index (χ2n) is 8.90. The molecule has 4 aromatic rings. The normalized spacial score (nSPS) is 14.1. The first kappa shape index (κ1) is 22.2. The smallest absolute Gasteiger partial charge is 0.224 e. The zero-order valence-corrected chi connectivity index (χ0v) is 19.2. The molecule has 176 valence electrons. The Morgan fingerprint density at radius 3 is 2.50 bits per heavy atom. The Morgan fingerprint density at radius 1 is 1.00 bits per heavy atom. The number of nitrogen functional groups attached to an aromatic ring is 1. The first-order valence-corrected chi connectivity index (χ1v) is 12.0. The van der Waals surface area contributed by atoms with Gasteiger partial charge in [-0.3, -0.25) is 0 Å². The lowest BCUT2D eigenvalue weighted by Crippen LogP contribution is -2.12. The van der Waals surface area contributed by atoms with Crippen LogP contribution in [0, 0.1) is 0 Å². The number of para-hydroxylation sites is 1. The fourth-order valence-corrected chi connectivity index (χ4v) is 4.85. The van der Waals surface area contributed by atoms with E-state index in [9.17, 15) is 5.11 Å². The summed E-state index contributed by atoms with van der Waals surface area (Å²) in [5.74, 6) is 2.19. The van der Waals surface area contributed by atoms with Gasteiger partial charge in [-0.15, -0.1) is 0 Å². The molecular formula is C26H31N7O. The summed E-state index contributed by atoms with van der Waals surface area (Å²) in [6, 6.07) is 15.9. The quantitative estimate of drug-likeness (QED) is 0.309. The Bertz CT molecular complexity index is 1280. The number of anilines is 2. The number of imidazole rings is 1. The van der Waals surface area contributed by atoms with Crippen molar-refractivity contribution in [2.45, 2.75) is 51.1 Å². The van der Waals surface area contributed by atoms with Crippen LogP contribution in [0.4, 0.5) is 11.8 Å². The number of fused-ring (bicyclic) bond motifs is 1. The third kappa shape index (κ3) is 4.41. The predicted octanol–water partition coefficient (Wildman–Crippen LogP) is 4.40. The van der Waals surface area contributed by atoms with Gasteiger partial charge in [-0.25, -0.2) is 4.98 Å². The highest BCUT2D eigenvalue weighted by Gasteiger charge is 2.25. The Morgan fingerprint density at radius 2 is 1.76 bits per heavy atom. The molecule has 0 bridgehead atoms. The molecule has 2 aromatic heterocycles. The van der Waals surface area contributed by atoms with E-state index >= 15 is 0 Å². The molecule has 34 heavy (non-hydrogen) atoms. The topological polar surface area (TPSA) is 128 Å². The van der Waals surface area contributed by atoms with Crippen LogP contribution in [0.25, 0.3) is 22.3 Å². The van der Waals surface area contributed by atoms with Crippen molar-refractivity contribution in [3.63, 3.8) is 0 Å². The third-order valence-electron chi connectivity index (χ3n) is 6.55. The summed E-state index contributed by atoms with van der Waals surface area (Å²) < 4.78 is 2.28. The second kappa shape index (κ2) is 9.69. The number of benzene rings is 2. The van der Waals surface area contributed by atoms with E-state index in [-0.39, 0.29) is 11.7 Å². The standard InChI is InChI=1S/C26H31N7O/c27-15-5-10-22-30-23-24(31-26(28)32-25(23)33(22)19-6-1-2-7-19)29-16-17-11-13-18(14-12-17)20-8-3-4-9-21(20)34/h3-4,8-9,11-14,19,34H,1-2,5-7,10,15-16,27H2,(H3,28,29,31,32). The maximum absolute atomic E-state index is 10.1. The molecule has 8 nitrogen and oxygen atoms in total. The van der Waals surface area contributed by atoms with Gasteiger partial charge in [-0.2, -0.15) is 9.97 Å². The number of hydrogen-bond acceptors (Lipinski definition) is 7. The molecule has 8 heteroatoms. The van der Waals surface area contributed by atoms with Gasteiger partial charge in [0.05, 0.1) is 0 Å². The third-order valence-corrected chi connectivity index (χ3v) is 6.55. The van der Waals surface area contributed by atoms with Gasteiger partial charge in [0.15, 0.2) is 17.0 Å². The predicted molar refractivity (Wildman–Crippen MR) is 135 cm³/mol. The lowest BCUT2D eigenvalue weighted by molar-refractivity contribution is 0.477. The van der Waals surface area contributed by atoms with Crippen LogP contribution >= 0.6 is 0 Å². The van der Waals surface area contributed by atoms with Crippen LogP contribution in [0.3, 0.4) is 0 Å². The molecule has 0 radical (unpaired) electrons. The number of nitrogens with zero attached hydrogens (tertiary/aromatic N) is 4. The van der Waals surface area contributed by atoms with Crippen LogP contribution in [-0.2, 0) is 13.0 Å². The SMILES string of the molecule is NCCCc1nc2c(NCc3ccc(-c4ccccc4O)cc3)nc(N)nc2n1C1CCCC1. The summed E-state index contributed by atoms with van der Waals surface area (Å²) in [5.41, 5.74) is 16.3. The number of aryl methyl sites for hydroxylation is 1. The van der Waals surface area contributed by atoms with E-state index in [4.69, 9.17) is 16.5 Å². The van der Waals surface area contributed by atoms with Crippen LogP contribution in [0.2, 0.25) is 0 Å². The summed E-state index contributed by atoms with van der Waals surface area (Å²) in [6.07, 6.45) is 6.42. The fraction of sp³-hybridized carbons (Fsp3) is 0.346. The second-order valence-corrected chi connectivity index (χ2v) is 8.90. The van der Waals surface area contributed by atoms with E-state index in [1.807, 2.05) is 42.5 Å². The molecule has 0 unspecified atom stereocenters. The highest BCUT2D eigenvalue weighted by molar-refractivity contribution is 5.85. The molecule has 2 aromatic carbocycles. The van der Waals surface area contributed by atoms with E-state index in [2.05, 4.69) is 19.9 Å². The molecule has 0 amide bonds. The van der Waals surface area contributed by atoms with Gasteiger partial charge in [-0.05, 0) is 43.0 Å². The zero-order chi connectivity index (χ0) is 23.5. The molecule has 0 spiro atoms. The van der Waals surface area contributed by atoms with Gasteiger partial charge in [0.2, 0.25) is 5.95 Å². The number of rotatable bonds is 8. The number of phenolic OH excluding ortho intramolecular Hbond substituents is 1. The fourth-order valence-electron chi connectivity index (χ4n) is 4.85. The molecule has 0 atom stereocenters. The van der Waals surface area contributed by atoms with Crippen LogP contribution in [0.1, 0.15) is 49.5 Å². The molecule has 0 saturated heterocycles. The molecular weight excluding hydrogens is 426 g/mol. The van der Waals surface area contributed by atoms with Crippen molar-refractivity contribution in [1.29, 1.82) is 0 Å². The van der Waals surface area contributed by atoms with Crippen molar-refractivity contribution in [2.24, 2.45) is 5.73 Å². The van der Waals surface area contributed by atoms with Crippen molar-refractivity contribution >= 4 is 22.9 Å². The van der Waals surface area contributed by atoms with Crippen LogP contribution in [0.5, 0.6) is 5.75 Å². The molecule has 1 aliphatic rings. The van der Waals surface area contributed by atoms with Crippen LogP contribution in [0.15, 0.2) is 48.5 Å². The Kier molecular flexibility index (Phi) is 6.31. The summed E-state index contributed by atoms with van der Waals surface area (Å²) in [6.45, 7) is 1.20. The first-order valence-electron chi connectivity index (χ1n) is 12.0. The lowest BCUT2D eigenvalue weighted by atomic mass is 10.0. The van der Waals surface area contributed by atoms with Gasteiger partial charge in [0.25, 0.3) is 0 Å². The number of aromatic hydroxyl groups is 1. The number of hydrogen-bond donors (Lipinski definition) is 4. The highest BCUT2D eigenvalue weighted by atomic mass is 16.3. The van der Waals surface area contributed by atoms with Gasteiger partial charge in [0.1, 0.15) is 11.6 Å². The minimum Gasteiger partial charge on any atom is -0.507 e. The number of phenols is 1. The lowest BCUT2D eigenvalue weighted by Gasteiger charge is -2.16. The van der Waals surface area contributed by atoms with Gasteiger partial charge < -0.3 is 26.5 Å². The summed E-state index contributed by atoms with van der Waals surface area (Å²) in [7, 11) is 0.